The first-order valence-corrected chi connectivity index (χ1v) is 13.3. The van der Waals surface area contributed by atoms with Crippen LogP contribution in [-0.4, -0.2) is 32.9 Å². The average Bonchev–Trinajstić information content (AvgIpc) is 3.68. The Kier molecular flexibility index (Phi) is 8.21. The molecular weight excluding hydrogens is 492 g/mol. The van der Waals surface area contributed by atoms with E-state index in [1.807, 2.05) is 49.4 Å². The van der Waals surface area contributed by atoms with Crippen LogP contribution in [0.2, 0.25) is 0 Å². The van der Waals surface area contributed by atoms with Crippen molar-refractivity contribution in [2.45, 2.75) is 46.0 Å². The van der Waals surface area contributed by atoms with Crippen molar-refractivity contribution in [1.82, 2.24) is 20.3 Å². The number of hydrogen-bond donors (Lipinski definition) is 0. The molecule has 198 valence electrons. The summed E-state index contributed by atoms with van der Waals surface area (Å²) in [5, 5.41) is 8.33. The van der Waals surface area contributed by atoms with Gasteiger partial charge in [0.05, 0.1) is 12.2 Å². The van der Waals surface area contributed by atoms with Crippen LogP contribution < -0.4 is 0 Å². The zero-order valence-electron chi connectivity index (χ0n) is 22.1. The molecule has 0 spiro atoms. The second-order valence-electron chi connectivity index (χ2n) is 9.30. The Balaban J connectivity index is 1.34. The molecule has 0 amide bonds. The lowest BCUT2D eigenvalue weighted by Crippen LogP contribution is -2.06. The molecule has 0 N–H and O–H groups in total. The van der Waals surface area contributed by atoms with Gasteiger partial charge in [0, 0.05) is 22.3 Å². The van der Waals surface area contributed by atoms with Gasteiger partial charge in [-0.25, -0.2) is 4.79 Å². The maximum absolute atomic E-state index is 12.3. The number of nitrogens with zero attached hydrogens (tertiary/aromatic N) is 4. The van der Waals surface area contributed by atoms with Crippen LogP contribution in [0.4, 0.5) is 0 Å². The molecule has 0 unspecified atom stereocenters. The first kappa shape index (κ1) is 26.0. The minimum absolute atomic E-state index is 0.339. The van der Waals surface area contributed by atoms with Crippen molar-refractivity contribution in [3.63, 3.8) is 0 Å². The SMILES string of the molecule is CCCCOC(=O)c1cccc(-c2noc(-c3cccc(-c4nc(-c5cccc(CCCC)c5)no4)c3)n2)c1. The summed E-state index contributed by atoms with van der Waals surface area (Å²) in [5.41, 5.74) is 4.74. The maximum atomic E-state index is 12.3. The van der Waals surface area contributed by atoms with Gasteiger partial charge in [-0.2, -0.15) is 9.97 Å². The molecule has 0 atom stereocenters. The number of hydrogen-bond acceptors (Lipinski definition) is 8. The zero-order valence-corrected chi connectivity index (χ0v) is 22.1. The third-order valence-corrected chi connectivity index (χ3v) is 6.30. The Morgan fingerprint density at radius 2 is 1.31 bits per heavy atom. The molecule has 8 heteroatoms. The number of carbonyl (C=O) groups excluding carboxylic acids is 1. The smallest absolute Gasteiger partial charge is 0.338 e. The van der Waals surface area contributed by atoms with E-state index in [9.17, 15) is 4.79 Å². The van der Waals surface area contributed by atoms with Gasteiger partial charge in [-0.05, 0) is 61.2 Å². The monoisotopic (exact) mass is 522 g/mol. The van der Waals surface area contributed by atoms with Gasteiger partial charge in [0.15, 0.2) is 0 Å². The lowest BCUT2D eigenvalue weighted by atomic mass is 10.1. The highest BCUT2D eigenvalue weighted by molar-refractivity contribution is 5.90. The van der Waals surface area contributed by atoms with Crippen LogP contribution >= 0.6 is 0 Å². The lowest BCUT2D eigenvalue weighted by molar-refractivity contribution is 0.0500. The molecule has 8 nitrogen and oxygen atoms in total. The summed E-state index contributed by atoms with van der Waals surface area (Å²) in [6, 6.07) is 22.8. The summed E-state index contributed by atoms with van der Waals surface area (Å²) < 4.78 is 16.5. The molecule has 0 aliphatic rings. The first-order valence-electron chi connectivity index (χ1n) is 13.3. The van der Waals surface area contributed by atoms with Gasteiger partial charge in [-0.15, -0.1) is 0 Å². The van der Waals surface area contributed by atoms with Crippen LogP contribution in [0.25, 0.3) is 45.7 Å². The number of unbranched alkanes of at least 4 members (excludes halogenated alkanes) is 2. The molecule has 0 aliphatic heterocycles. The van der Waals surface area contributed by atoms with Crippen molar-refractivity contribution in [2.75, 3.05) is 6.61 Å². The van der Waals surface area contributed by atoms with E-state index in [1.165, 1.54) is 5.56 Å². The highest BCUT2D eigenvalue weighted by Gasteiger charge is 2.16. The molecule has 5 rings (SSSR count). The van der Waals surface area contributed by atoms with E-state index in [0.717, 1.165) is 43.2 Å². The van der Waals surface area contributed by atoms with E-state index in [1.54, 1.807) is 18.2 Å². The molecule has 0 saturated heterocycles. The summed E-state index contributed by atoms with van der Waals surface area (Å²) in [4.78, 5) is 21.5. The normalized spacial score (nSPS) is 11.0. The number of ether oxygens (including phenoxy) is 1. The Hall–Kier alpha value is -4.59. The van der Waals surface area contributed by atoms with Crippen LogP contribution in [-0.2, 0) is 11.2 Å². The van der Waals surface area contributed by atoms with Crippen LogP contribution in [0.1, 0.15) is 55.5 Å². The summed E-state index contributed by atoms with van der Waals surface area (Å²) in [6.07, 6.45) is 5.10. The van der Waals surface area contributed by atoms with Crippen LogP contribution in [0.3, 0.4) is 0 Å². The van der Waals surface area contributed by atoms with Crippen molar-refractivity contribution in [3.05, 3.63) is 83.9 Å². The molecule has 2 heterocycles. The molecule has 3 aromatic carbocycles. The second-order valence-corrected chi connectivity index (χ2v) is 9.30. The zero-order chi connectivity index (χ0) is 27.0. The molecule has 5 aromatic rings. The quantitative estimate of drug-likeness (QED) is 0.130. The number of aromatic nitrogens is 4. The summed E-state index contributed by atoms with van der Waals surface area (Å²) in [5.74, 6) is 1.29. The third-order valence-electron chi connectivity index (χ3n) is 6.30. The topological polar surface area (TPSA) is 104 Å². The fourth-order valence-corrected chi connectivity index (χ4v) is 4.13. The van der Waals surface area contributed by atoms with Gasteiger partial charge in [-0.3, -0.25) is 0 Å². The van der Waals surface area contributed by atoms with E-state index < -0.39 is 0 Å². The Morgan fingerprint density at radius 3 is 1.97 bits per heavy atom. The number of benzene rings is 3. The summed E-state index contributed by atoms with van der Waals surface area (Å²) >= 11 is 0. The molecule has 2 aromatic heterocycles. The highest BCUT2D eigenvalue weighted by Crippen LogP contribution is 2.28. The van der Waals surface area contributed by atoms with Gasteiger partial charge in [0.25, 0.3) is 11.8 Å². The van der Waals surface area contributed by atoms with Gasteiger partial charge >= 0.3 is 5.97 Å². The molecule has 0 fully saturated rings. The van der Waals surface area contributed by atoms with E-state index in [4.69, 9.17) is 13.8 Å². The van der Waals surface area contributed by atoms with Gasteiger partial charge in [-0.1, -0.05) is 73.4 Å². The largest absolute Gasteiger partial charge is 0.462 e. The van der Waals surface area contributed by atoms with Crippen LogP contribution in [0.15, 0.2) is 81.8 Å². The van der Waals surface area contributed by atoms with Crippen molar-refractivity contribution >= 4 is 5.97 Å². The van der Waals surface area contributed by atoms with E-state index in [2.05, 4.69) is 39.3 Å². The summed E-state index contributed by atoms with van der Waals surface area (Å²) in [7, 11) is 0. The molecular formula is C31H30N4O4. The van der Waals surface area contributed by atoms with Gasteiger partial charge in [0.2, 0.25) is 11.6 Å². The standard InChI is InChI=1S/C31H30N4O4/c1-3-5-10-21-11-7-12-22(18-21)27-32-29(38-34-27)24-14-9-15-25(20-24)30-33-28(35-39-30)23-13-8-16-26(19-23)31(36)37-17-6-4-2/h7-9,11-16,18-20H,3-6,10,17H2,1-2H3. The summed E-state index contributed by atoms with van der Waals surface area (Å²) in [6.45, 7) is 4.63. The highest BCUT2D eigenvalue weighted by atomic mass is 16.5. The number of esters is 1. The maximum Gasteiger partial charge on any atom is 0.338 e. The molecule has 0 radical (unpaired) electrons. The van der Waals surface area contributed by atoms with Crippen molar-refractivity contribution < 1.29 is 18.6 Å². The molecule has 0 saturated carbocycles. The fourth-order valence-electron chi connectivity index (χ4n) is 4.13. The predicted molar refractivity (Wildman–Crippen MR) is 148 cm³/mol. The van der Waals surface area contributed by atoms with Crippen molar-refractivity contribution in [2.24, 2.45) is 0 Å². The number of aryl methyl sites for hydroxylation is 1. The Bertz CT molecular complexity index is 1560. The van der Waals surface area contributed by atoms with Crippen LogP contribution in [0.5, 0.6) is 0 Å². The Labute approximate surface area is 227 Å². The lowest BCUT2D eigenvalue weighted by Gasteiger charge is -2.04. The average molecular weight is 523 g/mol. The predicted octanol–water partition coefficient (Wildman–Crippen LogP) is 7.42. The first-order chi connectivity index (χ1) is 19.1. The third kappa shape index (κ3) is 6.29. The molecule has 0 aliphatic carbocycles. The van der Waals surface area contributed by atoms with Gasteiger partial charge < -0.3 is 13.8 Å². The minimum Gasteiger partial charge on any atom is -0.462 e. The minimum atomic E-state index is -0.367. The molecule has 0 bridgehead atoms. The van der Waals surface area contributed by atoms with Crippen LogP contribution in [0, 0.1) is 0 Å². The second kappa shape index (κ2) is 12.3. The van der Waals surface area contributed by atoms with Crippen molar-refractivity contribution in [1.29, 1.82) is 0 Å². The van der Waals surface area contributed by atoms with E-state index >= 15 is 0 Å². The number of rotatable bonds is 11. The molecule has 39 heavy (non-hydrogen) atoms. The van der Waals surface area contributed by atoms with Gasteiger partial charge in [0.1, 0.15) is 0 Å². The van der Waals surface area contributed by atoms with E-state index in [0.29, 0.717) is 46.7 Å². The van der Waals surface area contributed by atoms with E-state index in [-0.39, 0.29) is 5.97 Å². The Morgan fingerprint density at radius 1 is 0.718 bits per heavy atom. The fraction of sp³-hybridized carbons (Fsp3) is 0.258. The number of carbonyl (C=O) groups is 1. The van der Waals surface area contributed by atoms with Crippen molar-refractivity contribution in [3.8, 4) is 45.7 Å².